The Morgan fingerprint density at radius 3 is 2.82 bits per heavy atom. The number of hydrogen-bond acceptors (Lipinski definition) is 1. The molecule has 0 saturated heterocycles. The molecule has 0 fully saturated rings. The third kappa shape index (κ3) is 2.84. The van der Waals surface area contributed by atoms with E-state index in [1.165, 1.54) is 22.2 Å². The van der Waals surface area contributed by atoms with Crippen molar-refractivity contribution < 1.29 is 0 Å². The van der Waals surface area contributed by atoms with E-state index in [4.69, 9.17) is 17.3 Å². The van der Waals surface area contributed by atoms with E-state index in [0.717, 1.165) is 23.7 Å². The van der Waals surface area contributed by atoms with Crippen molar-refractivity contribution >= 4 is 38.4 Å². The second-order valence-corrected chi connectivity index (χ2v) is 5.40. The molecule has 0 saturated carbocycles. The molecule has 0 spiro atoms. The van der Waals surface area contributed by atoms with Gasteiger partial charge in [-0.25, -0.2) is 0 Å². The molecule has 0 unspecified atom stereocenters. The van der Waals surface area contributed by atoms with Crippen LogP contribution in [0.25, 0.3) is 10.9 Å². The summed E-state index contributed by atoms with van der Waals surface area (Å²) in [6.45, 7) is 0.674. The second-order valence-electron chi connectivity index (χ2n) is 4.10. The van der Waals surface area contributed by atoms with Crippen molar-refractivity contribution in [1.82, 2.24) is 4.98 Å². The van der Waals surface area contributed by atoms with Crippen LogP contribution in [0.5, 0.6) is 0 Å². The van der Waals surface area contributed by atoms with E-state index < -0.39 is 0 Å². The maximum absolute atomic E-state index is 5.76. The van der Waals surface area contributed by atoms with Gasteiger partial charge in [-0.1, -0.05) is 15.9 Å². The van der Waals surface area contributed by atoms with Crippen molar-refractivity contribution in [3.8, 4) is 0 Å². The smallest absolute Gasteiger partial charge is 0.0459 e. The highest BCUT2D eigenvalue weighted by atomic mass is 79.9. The maximum Gasteiger partial charge on any atom is 0.0459 e. The van der Waals surface area contributed by atoms with Gasteiger partial charge in [-0.3, -0.25) is 0 Å². The summed E-state index contributed by atoms with van der Waals surface area (Å²) in [6, 6.07) is 6.31. The van der Waals surface area contributed by atoms with Crippen LogP contribution < -0.4 is 5.73 Å². The van der Waals surface area contributed by atoms with Gasteiger partial charge in [-0.15, -0.1) is 11.6 Å². The molecule has 0 aliphatic heterocycles. The van der Waals surface area contributed by atoms with Crippen LogP contribution in [0.1, 0.15) is 17.7 Å². The topological polar surface area (TPSA) is 41.8 Å². The highest BCUT2D eigenvalue weighted by Crippen LogP contribution is 2.27. The minimum atomic E-state index is 0.674. The van der Waals surface area contributed by atoms with E-state index in [2.05, 4.69) is 39.1 Å². The third-order valence-corrected chi connectivity index (χ3v) is 3.67. The average Bonchev–Trinajstić information content (AvgIpc) is 2.65. The largest absolute Gasteiger partial charge is 0.358 e. The van der Waals surface area contributed by atoms with E-state index in [9.17, 15) is 0 Å². The highest BCUT2D eigenvalue weighted by molar-refractivity contribution is 9.10. The Bertz CT molecular complexity index is 507. The lowest BCUT2D eigenvalue weighted by Gasteiger charge is -2.02. The molecule has 0 radical (unpaired) electrons. The van der Waals surface area contributed by atoms with Crippen LogP contribution in [0.4, 0.5) is 0 Å². The van der Waals surface area contributed by atoms with Gasteiger partial charge < -0.3 is 10.7 Å². The molecule has 2 nitrogen and oxygen atoms in total. The van der Waals surface area contributed by atoms with Crippen LogP contribution in [0.15, 0.2) is 22.7 Å². The molecule has 0 bridgehead atoms. The molecular formula is C13H16BrClN2. The fourth-order valence-corrected chi connectivity index (χ4v) is 2.66. The molecule has 0 aliphatic rings. The molecule has 2 rings (SSSR count). The van der Waals surface area contributed by atoms with Gasteiger partial charge in [-0.2, -0.15) is 0 Å². The number of alkyl halides is 1. The first-order chi connectivity index (χ1) is 8.26. The summed E-state index contributed by atoms with van der Waals surface area (Å²) in [5.41, 5.74) is 9.50. The lowest BCUT2D eigenvalue weighted by molar-refractivity contribution is 0.867. The van der Waals surface area contributed by atoms with Crippen LogP contribution in [-0.2, 0) is 12.8 Å². The summed E-state index contributed by atoms with van der Waals surface area (Å²) in [4.78, 5) is 3.48. The van der Waals surface area contributed by atoms with Crippen molar-refractivity contribution in [2.24, 2.45) is 5.73 Å². The average molecular weight is 316 g/mol. The van der Waals surface area contributed by atoms with Crippen molar-refractivity contribution in [2.75, 3.05) is 12.4 Å². The normalized spacial score (nSPS) is 11.2. The Labute approximate surface area is 115 Å². The molecule has 0 atom stereocenters. The van der Waals surface area contributed by atoms with Crippen LogP contribution in [0, 0.1) is 0 Å². The van der Waals surface area contributed by atoms with Gasteiger partial charge in [0.05, 0.1) is 0 Å². The molecule has 1 aromatic heterocycles. The number of halogens is 2. The standard InChI is InChI=1S/C13H16BrClN2/c14-9-3-4-13-11(8-9)10(5-7-16)12(17-13)2-1-6-15/h3-4,8,17H,1-2,5-7,16H2. The Morgan fingerprint density at radius 1 is 1.29 bits per heavy atom. The molecule has 0 aliphatic carbocycles. The minimum Gasteiger partial charge on any atom is -0.358 e. The summed E-state index contributed by atoms with van der Waals surface area (Å²) in [6.07, 6.45) is 2.90. The van der Waals surface area contributed by atoms with Crippen LogP contribution in [0.2, 0.25) is 0 Å². The summed E-state index contributed by atoms with van der Waals surface area (Å²) < 4.78 is 1.10. The number of benzene rings is 1. The van der Waals surface area contributed by atoms with Crippen molar-refractivity contribution in [2.45, 2.75) is 19.3 Å². The van der Waals surface area contributed by atoms with Gasteiger partial charge >= 0.3 is 0 Å². The lowest BCUT2D eigenvalue weighted by atomic mass is 10.1. The van der Waals surface area contributed by atoms with Gasteiger partial charge in [-0.05, 0) is 49.6 Å². The predicted octanol–water partition coefficient (Wildman–Crippen LogP) is 3.60. The quantitative estimate of drug-likeness (QED) is 0.813. The van der Waals surface area contributed by atoms with Crippen LogP contribution >= 0.6 is 27.5 Å². The maximum atomic E-state index is 5.76. The summed E-state index contributed by atoms with van der Waals surface area (Å²) in [5.74, 6) is 0.696. The molecule has 0 amide bonds. The van der Waals surface area contributed by atoms with E-state index in [1.54, 1.807) is 0 Å². The first kappa shape index (κ1) is 12.9. The molecule has 2 aromatic rings. The first-order valence-electron chi connectivity index (χ1n) is 5.81. The van der Waals surface area contributed by atoms with E-state index >= 15 is 0 Å². The number of nitrogens with two attached hydrogens (primary N) is 1. The second kappa shape index (κ2) is 5.89. The van der Waals surface area contributed by atoms with E-state index in [-0.39, 0.29) is 0 Å². The SMILES string of the molecule is NCCc1c(CCCCl)[nH]c2ccc(Br)cc12. The van der Waals surface area contributed by atoms with Gasteiger partial charge in [0.25, 0.3) is 0 Å². The van der Waals surface area contributed by atoms with Gasteiger partial charge in [0, 0.05) is 26.9 Å². The number of hydrogen-bond donors (Lipinski definition) is 2. The van der Waals surface area contributed by atoms with Crippen molar-refractivity contribution in [3.05, 3.63) is 33.9 Å². The monoisotopic (exact) mass is 314 g/mol. The molecule has 3 N–H and O–H groups in total. The molecular weight excluding hydrogens is 300 g/mol. The Morgan fingerprint density at radius 2 is 2.12 bits per heavy atom. The van der Waals surface area contributed by atoms with Crippen molar-refractivity contribution in [3.63, 3.8) is 0 Å². The van der Waals surface area contributed by atoms with E-state index in [1.807, 2.05) is 0 Å². The number of aryl methyl sites for hydroxylation is 1. The lowest BCUT2D eigenvalue weighted by Crippen LogP contribution is -2.04. The zero-order valence-corrected chi connectivity index (χ0v) is 11.9. The fourth-order valence-electron chi connectivity index (χ4n) is 2.16. The molecule has 4 heteroatoms. The van der Waals surface area contributed by atoms with Gasteiger partial charge in [0.1, 0.15) is 0 Å². The summed E-state index contributed by atoms with van der Waals surface area (Å²) in [7, 11) is 0. The first-order valence-corrected chi connectivity index (χ1v) is 7.14. The highest BCUT2D eigenvalue weighted by Gasteiger charge is 2.10. The number of H-pyrrole nitrogens is 1. The van der Waals surface area contributed by atoms with Crippen molar-refractivity contribution in [1.29, 1.82) is 0 Å². The van der Waals surface area contributed by atoms with E-state index in [0.29, 0.717) is 12.4 Å². The Kier molecular flexibility index (Phi) is 4.48. The Hall–Kier alpha value is -0.510. The number of nitrogens with one attached hydrogen (secondary N) is 1. The summed E-state index contributed by atoms with van der Waals surface area (Å²) in [5, 5.41) is 1.27. The summed E-state index contributed by atoms with van der Waals surface area (Å²) >= 11 is 9.27. The molecule has 1 heterocycles. The van der Waals surface area contributed by atoms with Gasteiger partial charge in [0.2, 0.25) is 0 Å². The minimum absolute atomic E-state index is 0.674. The number of rotatable bonds is 5. The zero-order valence-electron chi connectivity index (χ0n) is 9.60. The fraction of sp³-hybridized carbons (Fsp3) is 0.385. The Balaban J connectivity index is 2.46. The molecule has 1 aromatic carbocycles. The van der Waals surface area contributed by atoms with Crippen LogP contribution in [0.3, 0.4) is 0 Å². The number of fused-ring (bicyclic) bond motifs is 1. The predicted molar refractivity (Wildman–Crippen MR) is 77.8 cm³/mol. The number of aromatic nitrogens is 1. The molecule has 17 heavy (non-hydrogen) atoms. The van der Waals surface area contributed by atoms with Gasteiger partial charge in [0.15, 0.2) is 0 Å². The third-order valence-electron chi connectivity index (χ3n) is 2.91. The molecule has 92 valence electrons. The van der Waals surface area contributed by atoms with Crippen LogP contribution in [-0.4, -0.2) is 17.4 Å². The number of aromatic amines is 1. The zero-order chi connectivity index (χ0) is 12.3.